The first kappa shape index (κ1) is 17.8. The van der Waals surface area contributed by atoms with Crippen LogP contribution in [0.2, 0.25) is 0 Å². The second-order valence-electron chi connectivity index (χ2n) is 8.00. The molecule has 6 nitrogen and oxygen atoms in total. The molecule has 0 bridgehead atoms. The number of benzene rings is 2. The summed E-state index contributed by atoms with van der Waals surface area (Å²) in [5.41, 5.74) is 3.95. The van der Waals surface area contributed by atoms with Crippen LogP contribution in [0, 0.1) is 5.92 Å². The molecule has 2 amide bonds. The molecule has 5 rings (SSSR count). The highest BCUT2D eigenvalue weighted by Crippen LogP contribution is 2.31. The van der Waals surface area contributed by atoms with Crippen LogP contribution in [-0.4, -0.2) is 32.7 Å². The molecule has 6 heteroatoms. The van der Waals surface area contributed by atoms with Gasteiger partial charge in [-0.2, -0.15) is 0 Å². The number of nitrogens with one attached hydrogen (secondary N) is 1. The molecule has 3 aromatic rings. The third kappa shape index (κ3) is 3.46. The van der Waals surface area contributed by atoms with Gasteiger partial charge >= 0.3 is 0 Å². The van der Waals surface area contributed by atoms with Crippen LogP contribution < -0.4 is 5.32 Å². The summed E-state index contributed by atoms with van der Waals surface area (Å²) in [5, 5.41) is 4.48. The van der Waals surface area contributed by atoms with Crippen molar-refractivity contribution in [1.82, 2.24) is 14.9 Å². The number of amides is 2. The third-order valence-electron chi connectivity index (χ3n) is 5.62. The van der Waals surface area contributed by atoms with Crippen molar-refractivity contribution in [1.29, 1.82) is 0 Å². The highest BCUT2D eigenvalue weighted by Gasteiger charge is 2.35. The standard InChI is InChI=1S/C23H22N4O2/c1-14-9-21(28)27(23(14)29)12-15-3-2-4-16(10-15)17-5-8-20-19(11-17)22(25-13-24-20)26-18-6-7-18/h2-5,8,10-11,13-14,18H,6-7,9,12H2,1H3,(H,24,25,26). The Morgan fingerprint density at radius 2 is 1.90 bits per heavy atom. The predicted octanol–water partition coefficient (Wildman–Crippen LogP) is 3.77. The van der Waals surface area contributed by atoms with Gasteiger partial charge in [-0.3, -0.25) is 14.5 Å². The molecule has 2 aromatic carbocycles. The number of fused-ring (bicyclic) bond motifs is 1. The van der Waals surface area contributed by atoms with Gasteiger partial charge in [0.2, 0.25) is 11.8 Å². The molecular weight excluding hydrogens is 364 g/mol. The van der Waals surface area contributed by atoms with E-state index in [1.807, 2.05) is 36.4 Å². The van der Waals surface area contributed by atoms with E-state index in [-0.39, 0.29) is 17.7 Å². The van der Waals surface area contributed by atoms with Crippen molar-refractivity contribution in [3.05, 3.63) is 54.4 Å². The Balaban J connectivity index is 1.46. The summed E-state index contributed by atoms with van der Waals surface area (Å²) in [7, 11) is 0. The van der Waals surface area contributed by atoms with Gasteiger partial charge in [0.25, 0.3) is 0 Å². The summed E-state index contributed by atoms with van der Waals surface area (Å²) >= 11 is 0. The predicted molar refractivity (Wildman–Crippen MR) is 111 cm³/mol. The third-order valence-corrected chi connectivity index (χ3v) is 5.62. The molecule has 1 atom stereocenters. The molecule has 1 aromatic heterocycles. The zero-order valence-corrected chi connectivity index (χ0v) is 16.3. The summed E-state index contributed by atoms with van der Waals surface area (Å²) < 4.78 is 0. The van der Waals surface area contributed by atoms with Crippen LogP contribution >= 0.6 is 0 Å². The van der Waals surface area contributed by atoms with Crippen molar-refractivity contribution >= 4 is 28.5 Å². The Morgan fingerprint density at radius 3 is 2.66 bits per heavy atom. The monoisotopic (exact) mass is 386 g/mol. The molecule has 0 spiro atoms. The second-order valence-corrected chi connectivity index (χ2v) is 8.00. The number of anilines is 1. The molecule has 2 fully saturated rings. The summed E-state index contributed by atoms with van der Waals surface area (Å²) in [5.74, 6) is 0.479. The lowest BCUT2D eigenvalue weighted by atomic mass is 10.0. The minimum absolute atomic E-state index is 0.0842. The van der Waals surface area contributed by atoms with E-state index in [2.05, 4.69) is 21.4 Å². The number of rotatable bonds is 5. The van der Waals surface area contributed by atoms with Gasteiger partial charge in [0.15, 0.2) is 0 Å². The highest BCUT2D eigenvalue weighted by atomic mass is 16.2. The molecule has 29 heavy (non-hydrogen) atoms. The fourth-order valence-electron chi connectivity index (χ4n) is 3.82. The number of carbonyl (C=O) groups is 2. The Hall–Kier alpha value is -3.28. The maximum atomic E-state index is 12.2. The summed E-state index contributed by atoms with van der Waals surface area (Å²) in [6, 6.07) is 14.7. The molecule has 1 saturated heterocycles. The van der Waals surface area contributed by atoms with Crippen LogP contribution in [0.5, 0.6) is 0 Å². The summed E-state index contributed by atoms with van der Waals surface area (Å²) in [6.07, 6.45) is 4.26. The van der Waals surface area contributed by atoms with Crippen molar-refractivity contribution < 1.29 is 9.59 Å². The molecule has 1 aliphatic carbocycles. The van der Waals surface area contributed by atoms with Crippen LogP contribution in [0.15, 0.2) is 48.8 Å². The van der Waals surface area contributed by atoms with Crippen molar-refractivity contribution in [3.63, 3.8) is 0 Å². The first-order valence-corrected chi connectivity index (χ1v) is 10.0. The van der Waals surface area contributed by atoms with Crippen molar-refractivity contribution in [2.45, 2.75) is 38.8 Å². The average Bonchev–Trinajstić information content (AvgIpc) is 3.51. The zero-order valence-electron chi connectivity index (χ0n) is 16.3. The minimum Gasteiger partial charge on any atom is -0.367 e. The van der Waals surface area contributed by atoms with E-state index in [1.54, 1.807) is 13.3 Å². The lowest BCUT2D eigenvalue weighted by molar-refractivity contribution is -0.139. The number of imide groups is 1. The molecule has 0 radical (unpaired) electrons. The Morgan fingerprint density at radius 1 is 1.07 bits per heavy atom. The van der Waals surface area contributed by atoms with Gasteiger partial charge in [-0.25, -0.2) is 9.97 Å². The normalized spacial score (nSPS) is 19.2. The molecule has 1 unspecified atom stereocenters. The van der Waals surface area contributed by atoms with Gasteiger partial charge in [0, 0.05) is 23.8 Å². The van der Waals surface area contributed by atoms with E-state index in [0.717, 1.165) is 33.4 Å². The topological polar surface area (TPSA) is 75.2 Å². The first-order chi connectivity index (χ1) is 14.1. The number of aromatic nitrogens is 2. The van der Waals surface area contributed by atoms with Gasteiger partial charge in [-0.1, -0.05) is 31.2 Å². The lowest BCUT2D eigenvalue weighted by Crippen LogP contribution is -2.29. The van der Waals surface area contributed by atoms with Crippen molar-refractivity contribution in [2.75, 3.05) is 5.32 Å². The van der Waals surface area contributed by atoms with Crippen LogP contribution in [0.25, 0.3) is 22.0 Å². The zero-order chi connectivity index (χ0) is 20.0. The van der Waals surface area contributed by atoms with Crippen LogP contribution in [-0.2, 0) is 16.1 Å². The second kappa shape index (κ2) is 6.95. The smallest absolute Gasteiger partial charge is 0.232 e. The Bertz CT molecular complexity index is 1120. The highest BCUT2D eigenvalue weighted by molar-refractivity contribution is 6.03. The molecule has 1 aliphatic heterocycles. The largest absolute Gasteiger partial charge is 0.367 e. The molecule has 1 saturated carbocycles. The molecule has 2 aliphatic rings. The first-order valence-electron chi connectivity index (χ1n) is 10.0. The number of hydrogen-bond acceptors (Lipinski definition) is 5. The Labute approximate surface area is 169 Å². The molecule has 146 valence electrons. The van der Waals surface area contributed by atoms with E-state index in [1.165, 1.54) is 17.7 Å². The van der Waals surface area contributed by atoms with E-state index in [0.29, 0.717) is 19.0 Å². The van der Waals surface area contributed by atoms with E-state index in [9.17, 15) is 9.59 Å². The van der Waals surface area contributed by atoms with E-state index in [4.69, 9.17) is 0 Å². The minimum atomic E-state index is -0.219. The molecule has 2 heterocycles. The number of hydrogen-bond donors (Lipinski definition) is 1. The average molecular weight is 386 g/mol. The van der Waals surface area contributed by atoms with Gasteiger partial charge in [-0.05, 0) is 47.7 Å². The van der Waals surface area contributed by atoms with Crippen molar-refractivity contribution in [3.8, 4) is 11.1 Å². The number of nitrogens with zero attached hydrogens (tertiary/aromatic N) is 3. The molecule has 1 N–H and O–H groups in total. The van der Waals surface area contributed by atoms with Gasteiger partial charge in [0.05, 0.1) is 12.1 Å². The van der Waals surface area contributed by atoms with Crippen LogP contribution in [0.3, 0.4) is 0 Å². The SMILES string of the molecule is CC1CC(=O)N(Cc2cccc(-c3ccc4ncnc(NC5CC5)c4c3)c2)C1=O. The fraction of sp³-hybridized carbons (Fsp3) is 0.304. The summed E-state index contributed by atoms with van der Waals surface area (Å²) in [4.78, 5) is 34.5. The van der Waals surface area contributed by atoms with Gasteiger partial charge < -0.3 is 5.32 Å². The van der Waals surface area contributed by atoms with Crippen LogP contribution in [0.4, 0.5) is 5.82 Å². The number of likely N-dealkylation sites (tertiary alicyclic amines) is 1. The lowest BCUT2D eigenvalue weighted by Gasteiger charge is -2.15. The van der Waals surface area contributed by atoms with E-state index >= 15 is 0 Å². The Kier molecular flexibility index (Phi) is 4.27. The van der Waals surface area contributed by atoms with E-state index < -0.39 is 0 Å². The van der Waals surface area contributed by atoms with Gasteiger partial charge in [0.1, 0.15) is 12.1 Å². The molecular formula is C23H22N4O2. The van der Waals surface area contributed by atoms with Crippen LogP contribution in [0.1, 0.15) is 31.7 Å². The van der Waals surface area contributed by atoms with Gasteiger partial charge in [-0.15, -0.1) is 0 Å². The summed E-state index contributed by atoms with van der Waals surface area (Å²) in [6.45, 7) is 2.13. The fourth-order valence-corrected chi connectivity index (χ4v) is 3.82. The number of carbonyl (C=O) groups excluding carboxylic acids is 2. The maximum absolute atomic E-state index is 12.2. The van der Waals surface area contributed by atoms with Crippen molar-refractivity contribution in [2.24, 2.45) is 5.92 Å². The quantitative estimate of drug-likeness (QED) is 0.676. The maximum Gasteiger partial charge on any atom is 0.232 e.